The fourth-order valence-electron chi connectivity index (χ4n) is 2.34. The first-order valence-electron chi connectivity index (χ1n) is 5.66. The van der Waals surface area contributed by atoms with Crippen molar-refractivity contribution >= 4 is 11.8 Å². The lowest BCUT2D eigenvalue weighted by molar-refractivity contribution is 0.167. The van der Waals surface area contributed by atoms with Crippen LogP contribution in [-0.2, 0) is 0 Å². The highest BCUT2D eigenvalue weighted by Crippen LogP contribution is 2.37. The van der Waals surface area contributed by atoms with Crippen LogP contribution < -0.4 is 0 Å². The van der Waals surface area contributed by atoms with Crippen LogP contribution in [0.5, 0.6) is 0 Å². The maximum Gasteiger partial charge on any atom is 0.129 e. The molecule has 3 heteroatoms. The van der Waals surface area contributed by atoms with Crippen LogP contribution in [0.4, 0.5) is 4.39 Å². The van der Waals surface area contributed by atoms with Gasteiger partial charge in [0.1, 0.15) is 5.82 Å². The monoisotopic (exact) mass is 240 g/mol. The Kier molecular flexibility index (Phi) is 3.55. The number of aryl methyl sites for hydroxylation is 2. The largest absolute Gasteiger partial charge is 0.387 e. The van der Waals surface area contributed by atoms with Crippen molar-refractivity contribution in [2.75, 3.05) is 5.75 Å². The molecule has 1 N–H and O–H groups in total. The van der Waals surface area contributed by atoms with Crippen LogP contribution in [0.25, 0.3) is 0 Å². The Balaban J connectivity index is 2.31. The molecule has 88 valence electrons. The molecular formula is C13H17FOS. The Morgan fingerprint density at radius 3 is 2.75 bits per heavy atom. The molecule has 0 spiro atoms. The van der Waals surface area contributed by atoms with Crippen LogP contribution in [0, 0.1) is 19.7 Å². The number of hydrogen-bond donors (Lipinski definition) is 1. The van der Waals surface area contributed by atoms with E-state index < -0.39 is 6.10 Å². The first-order valence-corrected chi connectivity index (χ1v) is 6.71. The van der Waals surface area contributed by atoms with Crippen LogP contribution in [0.2, 0.25) is 0 Å². The number of aliphatic hydroxyl groups excluding tert-OH is 1. The van der Waals surface area contributed by atoms with Gasteiger partial charge in [0.2, 0.25) is 0 Å². The Morgan fingerprint density at radius 2 is 2.19 bits per heavy atom. The second kappa shape index (κ2) is 4.76. The maximum absolute atomic E-state index is 13.8. The van der Waals surface area contributed by atoms with Crippen molar-refractivity contribution in [3.63, 3.8) is 0 Å². The number of halogens is 1. The summed E-state index contributed by atoms with van der Waals surface area (Å²) in [6, 6.07) is 3.44. The van der Waals surface area contributed by atoms with E-state index in [2.05, 4.69) is 0 Å². The molecule has 2 rings (SSSR count). The molecule has 1 aromatic rings. The van der Waals surface area contributed by atoms with Crippen LogP contribution >= 0.6 is 11.8 Å². The molecule has 16 heavy (non-hydrogen) atoms. The summed E-state index contributed by atoms with van der Waals surface area (Å²) in [6.45, 7) is 3.74. The van der Waals surface area contributed by atoms with Gasteiger partial charge in [0.15, 0.2) is 0 Å². The molecule has 2 atom stereocenters. The minimum atomic E-state index is -0.659. The molecule has 0 amide bonds. The van der Waals surface area contributed by atoms with Gasteiger partial charge >= 0.3 is 0 Å². The van der Waals surface area contributed by atoms with Crippen molar-refractivity contribution < 1.29 is 9.50 Å². The van der Waals surface area contributed by atoms with E-state index >= 15 is 0 Å². The molecule has 1 aliphatic heterocycles. The summed E-state index contributed by atoms with van der Waals surface area (Å²) < 4.78 is 13.8. The smallest absolute Gasteiger partial charge is 0.129 e. The van der Waals surface area contributed by atoms with E-state index in [1.165, 1.54) is 6.07 Å². The molecule has 1 saturated heterocycles. The lowest BCUT2D eigenvalue weighted by atomic mass is 9.97. The van der Waals surface area contributed by atoms with Gasteiger partial charge in [-0.1, -0.05) is 6.07 Å². The van der Waals surface area contributed by atoms with Crippen molar-refractivity contribution in [2.24, 2.45) is 0 Å². The van der Waals surface area contributed by atoms with E-state index in [1.54, 1.807) is 11.8 Å². The highest BCUT2D eigenvalue weighted by atomic mass is 32.2. The molecule has 0 radical (unpaired) electrons. The second-order valence-electron chi connectivity index (χ2n) is 4.47. The minimum absolute atomic E-state index is 0.163. The average Bonchev–Trinajstić information content (AvgIpc) is 2.67. The zero-order valence-corrected chi connectivity index (χ0v) is 10.5. The standard InChI is InChI=1S/C13H17FOS/c1-8-6-9(2)12(10(14)7-8)13(15)11-4-3-5-16-11/h6-7,11,13,15H,3-5H2,1-2H3. The van der Waals surface area contributed by atoms with Crippen LogP contribution in [0.3, 0.4) is 0 Å². The molecule has 1 heterocycles. The lowest BCUT2D eigenvalue weighted by Gasteiger charge is -2.20. The van der Waals surface area contributed by atoms with E-state index in [1.807, 2.05) is 19.9 Å². The van der Waals surface area contributed by atoms with E-state index in [-0.39, 0.29) is 11.1 Å². The molecule has 1 fully saturated rings. The SMILES string of the molecule is Cc1cc(C)c(C(O)C2CCCS2)c(F)c1. The van der Waals surface area contributed by atoms with Crippen molar-refractivity contribution in [2.45, 2.75) is 38.0 Å². The van der Waals surface area contributed by atoms with Gasteiger partial charge in [-0.15, -0.1) is 0 Å². The molecule has 0 saturated carbocycles. The molecule has 0 aliphatic carbocycles. The third kappa shape index (κ3) is 2.25. The van der Waals surface area contributed by atoms with Crippen LogP contribution in [-0.4, -0.2) is 16.1 Å². The van der Waals surface area contributed by atoms with Gasteiger partial charge in [-0.2, -0.15) is 11.8 Å². The van der Waals surface area contributed by atoms with Crippen molar-refractivity contribution in [3.05, 3.63) is 34.6 Å². The van der Waals surface area contributed by atoms with Gasteiger partial charge < -0.3 is 5.11 Å². The second-order valence-corrected chi connectivity index (χ2v) is 5.82. The highest BCUT2D eigenvalue weighted by molar-refractivity contribution is 8.00. The number of hydrogen-bond acceptors (Lipinski definition) is 2. The average molecular weight is 240 g/mol. The minimum Gasteiger partial charge on any atom is -0.387 e. The summed E-state index contributed by atoms with van der Waals surface area (Å²) in [5.74, 6) is 0.811. The Bertz CT molecular complexity index is 363. The molecule has 1 aromatic carbocycles. The zero-order chi connectivity index (χ0) is 11.7. The van der Waals surface area contributed by atoms with Gasteiger partial charge in [0, 0.05) is 10.8 Å². The van der Waals surface area contributed by atoms with E-state index in [4.69, 9.17) is 0 Å². The summed E-state index contributed by atoms with van der Waals surface area (Å²) >= 11 is 1.75. The Hall–Kier alpha value is -0.540. The predicted octanol–water partition coefficient (Wildman–Crippen LogP) is 3.37. The number of thioether (sulfide) groups is 1. The quantitative estimate of drug-likeness (QED) is 0.855. The third-order valence-electron chi connectivity index (χ3n) is 3.09. The first-order chi connectivity index (χ1) is 7.59. The fourth-order valence-corrected chi connectivity index (χ4v) is 3.63. The third-order valence-corrected chi connectivity index (χ3v) is 4.54. The van der Waals surface area contributed by atoms with Crippen LogP contribution in [0.1, 0.15) is 35.6 Å². The maximum atomic E-state index is 13.8. The summed E-state index contributed by atoms with van der Waals surface area (Å²) in [5.41, 5.74) is 2.26. The van der Waals surface area contributed by atoms with E-state index in [0.29, 0.717) is 5.56 Å². The summed E-state index contributed by atoms with van der Waals surface area (Å²) in [4.78, 5) is 0. The normalized spacial score (nSPS) is 22.4. The van der Waals surface area contributed by atoms with Gasteiger partial charge in [0.05, 0.1) is 6.10 Å². The number of aliphatic hydroxyl groups is 1. The molecule has 1 nitrogen and oxygen atoms in total. The topological polar surface area (TPSA) is 20.2 Å². The predicted molar refractivity (Wildman–Crippen MR) is 66.3 cm³/mol. The van der Waals surface area contributed by atoms with E-state index in [9.17, 15) is 9.50 Å². The Labute approximate surface area is 100 Å². The zero-order valence-electron chi connectivity index (χ0n) is 9.66. The first kappa shape index (κ1) is 11.9. The number of benzene rings is 1. The summed E-state index contributed by atoms with van der Waals surface area (Å²) in [5, 5.41) is 10.4. The Morgan fingerprint density at radius 1 is 1.44 bits per heavy atom. The highest BCUT2D eigenvalue weighted by Gasteiger charge is 2.28. The molecular weight excluding hydrogens is 223 g/mol. The molecule has 0 aromatic heterocycles. The van der Waals surface area contributed by atoms with Crippen LogP contribution in [0.15, 0.2) is 12.1 Å². The van der Waals surface area contributed by atoms with Crippen molar-refractivity contribution in [3.8, 4) is 0 Å². The fraction of sp³-hybridized carbons (Fsp3) is 0.538. The summed E-state index contributed by atoms with van der Waals surface area (Å²) in [6.07, 6.45) is 1.45. The number of rotatable bonds is 2. The van der Waals surface area contributed by atoms with E-state index in [0.717, 1.165) is 29.7 Å². The molecule has 1 aliphatic rings. The molecule has 0 bridgehead atoms. The van der Waals surface area contributed by atoms with Gasteiger partial charge in [-0.05, 0) is 49.6 Å². The van der Waals surface area contributed by atoms with Gasteiger partial charge in [-0.3, -0.25) is 0 Å². The van der Waals surface area contributed by atoms with Gasteiger partial charge in [-0.25, -0.2) is 4.39 Å². The molecule has 2 unspecified atom stereocenters. The summed E-state index contributed by atoms with van der Waals surface area (Å²) in [7, 11) is 0. The lowest BCUT2D eigenvalue weighted by Crippen LogP contribution is -2.15. The van der Waals surface area contributed by atoms with Crippen molar-refractivity contribution in [1.29, 1.82) is 0 Å². The van der Waals surface area contributed by atoms with Crippen molar-refractivity contribution in [1.82, 2.24) is 0 Å². The van der Waals surface area contributed by atoms with Gasteiger partial charge in [0.25, 0.3) is 0 Å².